The third-order valence-corrected chi connectivity index (χ3v) is 9.89. The van der Waals surface area contributed by atoms with E-state index in [1.165, 1.54) is 18.5 Å². The predicted molar refractivity (Wildman–Crippen MR) is 200 cm³/mol. The lowest BCUT2D eigenvalue weighted by atomic mass is 10.00. The van der Waals surface area contributed by atoms with Crippen LogP contribution in [0.3, 0.4) is 0 Å². The summed E-state index contributed by atoms with van der Waals surface area (Å²) in [5.74, 6) is -6.20. The summed E-state index contributed by atoms with van der Waals surface area (Å²) < 4.78 is 88.6. The van der Waals surface area contributed by atoms with E-state index in [9.17, 15) is 35.9 Å². The van der Waals surface area contributed by atoms with Crippen LogP contribution < -0.4 is 10.9 Å². The second-order valence-electron chi connectivity index (χ2n) is 12.5. The molecule has 11 heteroatoms. The van der Waals surface area contributed by atoms with Crippen molar-refractivity contribution in [3.63, 3.8) is 0 Å². The molecule has 0 spiro atoms. The molecule has 6 aromatic rings. The summed E-state index contributed by atoms with van der Waals surface area (Å²) >= 11 is 3.25. The molecule has 2 aromatic heterocycles. The van der Waals surface area contributed by atoms with Crippen LogP contribution in [0.2, 0.25) is 0 Å². The molecule has 4 aromatic carbocycles. The van der Waals surface area contributed by atoms with Gasteiger partial charge in [-0.1, -0.05) is 38.1 Å². The van der Waals surface area contributed by atoms with Gasteiger partial charge in [-0.05, 0) is 90.9 Å². The average molecular weight is 794 g/mol. The Morgan fingerprint density at radius 3 is 1.43 bits per heavy atom. The number of pyridine rings is 2. The average Bonchev–Trinajstić information content (AvgIpc) is 3.09. The molecular weight excluding hydrogens is 758 g/mol. The van der Waals surface area contributed by atoms with Crippen molar-refractivity contribution in [3.05, 3.63) is 172 Å². The first-order chi connectivity index (χ1) is 25.1. The first-order valence-corrected chi connectivity index (χ1v) is 17.5. The van der Waals surface area contributed by atoms with Gasteiger partial charge in [0.25, 0.3) is 0 Å². The number of aryl methyl sites for hydroxylation is 2. The van der Waals surface area contributed by atoms with Crippen LogP contribution in [0, 0.1) is 62.6 Å². The minimum atomic E-state index is -1.05. The molecule has 0 radical (unpaired) electrons. The highest BCUT2D eigenvalue weighted by Crippen LogP contribution is 2.35. The molecule has 274 valence electrons. The zero-order chi connectivity index (χ0) is 38.9. The number of hydrogen-bond acceptors (Lipinski definition) is 2. The molecule has 0 aliphatic rings. The van der Waals surface area contributed by atoms with Gasteiger partial charge >= 0.3 is 0 Å². The van der Waals surface area contributed by atoms with Crippen LogP contribution in [-0.2, 0) is 12.8 Å². The SMILES string of the molecule is CCc1c(-c2c(F)cc(F)cc2F)n(-c2cccc(C)c2C)cc(Br)c1=O.CCc1c(-c2c(F)cc(F)cc2F)n(-c2cccc(C)c2C)ccc1=O. The maximum Gasteiger partial charge on any atom is 0.199 e. The van der Waals surface area contributed by atoms with E-state index >= 15 is 0 Å². The molecule has 0 saturated heterocycles. The van der Waals surface area contributed by atoms with Crippen LogP contribution in [0.4, 0.5) is 26.3 Å². The van der Waals surface area contributed by atoms with Gasteiger partial charge in [-0.2, -0.15) is 0 Å². The van der Waals surface area contributed by atoms with Gasteiger partial charge in [-0.3, -0.25) is 9.59 Å². The second kappa shape index (κ2) is 15.8. The fourth-order valence-corrected chi connectivity index (χ4v) is 6.79. The maximum atomic E-state index is 14.6. The van der Waals surface area contributed by atoms with Gasteiger partial charge in [-0.15, -0.1) is 0 Å². The number of halogens is 7. The molecule has 2 heterocycles. The second-order valence-corrected chi connectivity index (χ2v) is 13.4. The van der Waals surface area contributed by atoms with E-state index in [1.807, 2.05) is 64.1 Å². The Hall–Kier alpha value is -5.16. The van der Waals surface area contributed by atoms with E-state index in [0.717, 1.165) is 22.3 Å². The summed E-state index contributed by atoms with van der Waals surface area (Å²) in [6.45, 7) is 11.1. The minimum absolute atomic E-state index is 0.0920. The topological polar surface area (TPSA) is 44.0 Å². The fraction of sp³-hybridized carbons (Fsp3) is 0.190. The summed E-state index contributed by atoms with van der Waals surface area (Å²) in [6, 6.07) is 15.0. The Labute approximate surface area is 311 Å². The van der Waals surface area contributed by atoms with Gasteiger partial charge in [0.1, 0.15) is 34.9 Å². The first-order valence-electron chi connectivity index (χ1n) is 16.7. The number of hydrogen-bond donors (Lipinski definition) is 0. The van der Waals surface area contributed by atoms with E-state index in [2.05, 4.69) is 15.9 Å². The molecule has 53 heavy (non-hydrogen) atoms. The van der Waals surface area contributed by atoms with Gasteiger partial charge in [-0.25, -0.2) is 26.3 Å². The Morgan fingerprint density at radius 2 is 1.00 bits per heavy atom. The highest BCUT2D eigenvalue weighted by Gasteiger charge is 2.25. The maximum absolute atomic E-state index is 14.6. The Morgan fingerprint density at radius 1 is 0.585 bits per heavy atom. The van der Waals surface area contributed by atoms with Crippen LogP contribution in [0.5, 0.6) is 0 Å². The molecule has 0 fully saturated rings. The molecule has 0 saturated carbocycles. The number of rotatable bonds is 6. The van der Waals surface area contributed by atoms with Crippen LogP contribution in [0.25, 0.3) is 33.9 Å². The summed E-state index contributed by atoms with van der Waals surface area (Å²) in [7, 11) is 0. The standard InChI is InChI=1S/C21H17BrF3NO.C21H18F3NO/c1-4-14-20(19-16(24)8-13(23)9-17(19)25)26(10-15(22)21(14)27)18-7-5-6-11(2)12(18)3;1-4-15-19(26)8-9-25(18-7-5-6-12(2)13(18)3)21(15)20-16(23)10-14(22)11-17(20)24/h5-10H,4H2,1-3H3;5-11H,4H2,1-3H3. The zero-order valence-corrected chi connectivity index (χ0v) is 31.4. The molecule has 0 N–H and O–H groups in total. The van der Waals surface area contributed by atoms with Gasteiger partial charge in [0.05, 0.1) is 27.0 Å². The summed E-state index contributed by atoms with van der Waals surface area (Å²) in [4.78, 5) is 25.0. The Kier molecular flexibility index (Phi) is 11.7. The number of benzene rings is 4. The van der Waals surface area contributed by atoms with E-state index in [1.54, 1.807) is 23.0 Å². The van der Waals surface area contributed by atoms with Gasteiger partial charge in [0.15, 0.2) is 10.9 Å². The van der Waals surface area contributed by atoms with E-state index in [-0.39, 0.29) is 50.7 Å². The molecule has 0 unspecified atom stereocenters. The monoisotopic (exact) mass is 792 g/mol. The highest BCUT2D eigenvalue weighted by molar-refractivity contribution is 9.10. The molecule has 0 aliphatic carbocycles. The summed E-state index contributed by atoms with van der Waals surface area (Å²) in [5.41, 5.74) is 4.45. The van der Waals surface area contributed by atoms with Crippen molar-refractivity contribution >= 4 is 15.9 Å². The molecule has 4 nitrogen and oxygen atoms in total. The summed E-state index contributed by atoms with van der Waals surface area (Å²) in [5, 5.41) is 0. The van der Waals surface area contributed by atoms with Crippen LogP contribution in [0.1, 0.15) is 47.2 Å². The van der Waals surface area contributed by atoms with Crippen molar-refractivity contribution in [1.29, 1.82) is 0 Å². The lowest BCUT2D eigenvalue weighted by Gasteiger charge is -2.21. The highest BCUT2D eigenvalue weighted by atomic mass is 79.9. The van der Waals surface area contributed by atoms with Crippen molar-refractivity contribution in [2.75, 3.05) is 0 Å². The summed E-state index contributed by atoms with van der Waals surface area (Å²) in [6.07, 6.45) is 3.55. The molecule has 0 aliphatic heterocycles. The van der Waals surface area contributed by atoms with Gasteiger partial charge in [0.2, 0.25) is 0 Å². The number of aromatic nitrogens is 2. The molecular formula is C42H35BrF6N2O2. The Balaban J connectivity index is 0.000000204. The van der Waals surface area contributed by atoms with Crippen LogP contribution >= 0.6 is 15.9 Å². The fourth-order valence-electron chi connectivity index (χ4n) is 6.35. The van der Waals surface area contributed by atoms with Gasteiger partial charge in [0, 0.05) is 65.2 Å². The third kappa shape index (κ3) is 7.53. The number of nitrogens with zero attached hydrogens (tertiary/aromatic N) is 2. The third-order valence-electron chi connectivity index (χ3n) is 9.32. The van der Waals surface area contributed by atoms with Gasteiger partial charge < -0.3 is 9.13 Å². The van der Waals surface area contributed by atoms with Crippen molar-refractivity contribution in [3.8, 4) is 33.9 Å². The van der Waals surface area contributed by atoms with Crippen LogP contribution in [0.15, 0.2) is 93.2 Å². The minimum Gasteiger partial charge on any atom is -0.316 e. The van der Waals surface area contributed by atoms with E-state index in [4.69, 9.17) is 0 Å². The Bertz CT molecular complexity index is 2460. The van der Waals surface area contributed by atoms with Crippen LogP contribution in [-0.4, -0.2) is 9.13 Å². The predicted octanol–water partition coefficient (Wildman–Crippen LogP) is 11.0. The first kappa shape index (κ1) is 39.1. The van der Waals surface area contributed by atoms with Crippen molar-refractivity contribution in [2.24, 2.45) is 0 Å². The largest absolute Gasteiger partial charge is 0.316 e. The van der Waals surface area contributed by atoms with Crippen molar-refractivity contribution < 1.29 is 26.3 Å². The molecule has 0 atom stereocenters. The molecule has 6 rings (SSSR count). The van der Waals surface area contributed by atoms with Crippen molar-refractivity contribution in [1.82, 2.24) is 9.13 Å². The van der Waals surface area contributed by atoms with E-state index in [0.29, 0.717) is 35.6 Å². The normalized spacial score (nSPS) is 11.0. The molecule has 0 bridgehead atoms. The smallest absolute Gasteiger partial charge is 0.199 e. The quantitative estimate of drug-likeness (QED) is 0.158. The van der Waals surface area contributed by atoms with E-state index < -0.39 is 46.0 Å². The lowest BCUT2D eigenvalue weighted by molar-refractivity contribution is 0.545. The van der Waals surface area contributed by atoms with Crippen molar-refractivity contribution in [2.45, 2.75) is 54.4 Å². The lowest BCUT2D eigenvalue weighted by Crippen LogP contribution is -2.18. The zero-order valence-electron chi connectivity index (χ0n) is 29.8. The molecule has 0 amide bonds.